The van der Waals surface area contributed by atoms with Crippen LogP contribution in [0.3, 0.4) is 0 Å². The van der Waals surface area contributed by atoms with Crippen LogP contribution in [0.15, 0.2) is 12.7 Å². The molecule has 0 aliphatic carbocycles. The van der Waals surface area contributed by atoms with Crippen LogP contribution < -0.4 is 5.32 Å². The molecular weight excluding hydrogens is 186 g/mol. The molecule has 1 amide bonds. The second kappa shape index (κ2) is 7.86. The number of Topliss-reactive ketones (excluding diaryl/α,β-unsaturated/α-hetero) is 1. The van der Waals surface area contributed by atoms with E-state index in [-0.39, 0.29) is 18.1 Å². The van der Waals surface area contributed by atoms with E-state index in [1.807, 2.05) is 6.08 Å². The van der Waals surface area contributed by atoms with Gasteiger partial charge >= 0.3 is 0 Å². The van der Waals surface area contributed by atoms with Gasteiger partial charge in [0.25, 0.3) is 0 Å². The summed E-state index contributed by atoms with van der Waals surface area (Å²) in [5.74, 6) is 1.46. The first-order valence-corrected chi connectivity index (χ1v) is 5.27. The van der Waals surface area contributed by atoms with Crippen molar-refractivity contribution in [2.75, 3.05) is 18.1 Å². The Bertz CT molecular complexity index is 192. The second-order valence-electron chi connectivity index (χ2n) is 2.59. The molecule has 0 saturated heterocycles. The summed E-state index contributed by atoms with van der Waals surface area (Å²) in [6.07, 6.45) is 1.81. The molecule has 0 radical (unpaired) electrons. The van der Waals surface area contributed by atoms with E-state index in [4.69, 9.17) is 0 Å². The highest BCUT2D eigenvalue weighted by Crippen LogP contribution is 1.97. The summed E-state index contributed by atoms with van der Waals surface area (Å²) in [5.41, 5.74) is 0. The van der Waals surface area contributed by atoms with Crippen molar-refractivity contribution < 1.29 is 9.59 Å². The maximum atomic E-state index is 10.9. The molecule has 0 aliphatic heterocycles. The molecule has 0 aliphatic rings. The molecule has 0 atom stereocenters. The van der Waals surface area contributed by atoms with Gasteiger partial charge in [-0.1, -0.05) is 6.08 Å². The molecule has 0 aromatic rings. The van der Waals surface area contributed by atoms with E-state index < -0.39 is 0 Å². The van der Waals surface area contributed by atoms with Gasteiger partial charge in [-0.15, -0.1) is 6.58 Å². The lowest BCUT2D eigenvalue weighted by molar-refractivity contribution is -0.127. The molecule has 0 spiro atoms. The summed E-state index contributed by atoms with van der Waals surface area (Å²) in [6, 6.07) is 0. The minimum atomic E-state index is -0.188. The lowest BCUT2D eigenvalue weighted by Crippen LogP contribution is -2.27. The monoisotopic (exact) mass is 201 g/mol. The minimum absolute atomic E-state index is 0.00781. The van der Waals surface area contributed by atoms with E-state index in [1.165, 1.54) is 6.92 Å². The summed E-state index contributed by atoms with van der Waals surface area (Å²) >= 11 is 1.70. The third-order valence-corrected chi connectivity index (χ3v) is 2.18. The molecule has 4 heteroatoms. The van der Waals surface area contributed by atoms with Crippen LogP contribution in [0.5, 0.6) is 0 Å². The van der Waals surface area contributed by atoms with Gasteiger partial charge in [-0.2, -0.15) is 11.8 Å². The first-order valence-electron chi connectivity index (χ1n) is 4.11. The van der Waals surface area contributed by atoms with Crippen molar-refractivity contribution in [2.24, 2.45) is 0 Å². The minimum Gasteiger partial charge on any atom is -0.355 e. The van der Waals surface area contributed by atoms with Crippen molar-refractivity contribution >= 4 is 23.5 Å². The van der Waals surface area contributed by atoms with Crippen LogP contribution in [0.25, 0.3) is 0 Å². The lowest BCUT2D eigenvalue weighted by Gasteiger charge is -2.01. The highest BCUT2D eigenvalue weighted by molar-refractivity contribution is 7.99. The Balaban J connectivity index is 3.26. The maximum absolute atomic E-state index is 10.9. The Morgan fingerprint density at radius 2 is 2.23 bits per heavy atom. The van der Waals surface area contributed by atoms with Gasteiger partial charge in [-0.3, -0.25) is 9.59 Å². The summed E-state index contributed by atoms with van der Waals surface area (Å²) < 4.78 is 0. The van der Waals surface area contributed by atoms with Gasteiger partial charge in [-0.25, -0.2) is 0 Å². The van der Waals surface area contributed by atoms with E-state index in [0.29, 0.717) is 6.54 Å². The summed E-state index contributed by atoms with van der Waals surface area (Å²) in [7, 11) is 0. The number of rotatable bonds is 7. The molecule has 0 saturated carbocycles. The average molecular weight is 201 g/mol. The normalized spacial score (nSPS) is 9.31. The molecule has 0 unspecified atom stereocenters. The number of thioether (sulfide) groups is 1. The zero-order chi connectivity index (χ0) is 10.1. The number of nitrogens with one attached hydrogen (secondary N) is 1. The van der Waals surface area contributed by atoms with Crippen molar-refractivity contribution in [2.45, 2.75) is 13.3 Å². The van der Waals surface area contributed by atoms with Gasteiger partial charge < -0.3 is 5.32 Å². The molecule has 3 nitrogen and oxygen atoms in total. The topological polar surface area (TPSA) is 46.2 Å². The Hall–Kier alpha value is -0.770. The smallest absolute Gasteiger partial charge is 0.227 e. The molecular formula is C9H15NO2S. The molecule has 0 bridgehead atoms. The van der Waals surface area contributed by atoms with E-state index in [2.05, 4.69) is 11.9 Å². The van der Waals surface area contributed by atoms with Crippen LogP contribution in [0.2, 0.25) is 0 Å². The fraction of sp³-hybridized carbons (Fsp3) is 0.556. The van der Waals surface area contributed by atoms with Crippen LogP contribution in [0.4, 0.5) is 0 Å². The van der Waals surface area contributed by atoms with Crippen LogP contribution in [-0.2, 0) is 9.59 Å². The van der Waals surface area contributed by atoms with Crippen LogP contribution in [0.1, 0.15) is 13.3 Å². The van der Waals surface area contributed by atoms with Crippen molar-refractivity contribution in [1.29, 1.82) is 0 Å². The lowest BCUT2D eigenvalue weighted by atomic mass is 10.3. The third kappa shape index (κ3) is 9.14. The number of ketones is 1. The zero-order valence-corrected chi connectivity index (χ0v) is 8.65. The number of hydrogen-bond acceptors (Lipinski definition) is 3. The highest BCUT2D eigenvalue weighted by atomic mass is 32.2. The van der Waals surface area contributed by atoms with E-state index in [1.54, 1.807) is 11.8 Å². The number of carbonyl (C=O) groups is 2. The average Bonchev–Trinajstić information content (AvgIpc) is 2.02. The van der Waals surface area contributed by atoms with Crippen LogP contribution in [-0.4, -0.2) is 29.7 Å². The molecule has 0 rings (SSSR count). The van der Waals surface area contributed by atoms with E-state index >= 15 is 0 Å². The molecule has 13 heavy (non-hydrogen) atoms. The Kier molecular flexibility index (Phi) is 7.39. The molecule has 1 N–H and O–H groups in total. The fourth-order valence-electron chi connectivity index (χ4n) is 0.718. The fourth-order valence-corrected chi connectivity index (χ4v) is 1.30. The van der Waals surface area contributed by atoms with Crippen molar-refractivity contribution in [1.82, 2.24) is 5.32 Å². The van der Waals surface area contributed by atoms with E-state index in [9.17, 15) is 9.59 Å². The van der Waals surface area contributed by atoms with Crippen LogP contribution in [0, 0.1) is 0 Å². The van der Waals surface area contributed by atoms with Crippen molar-refractivity contribution in [3.63, 3.8) is 0 Å². The Morgan fingerprint density at radius 3 is 2.77 bits per heavy atom. The first kappa shape index (κ1) is 12.2. The largest absolute Gasteiger partial charge is 0.355 e. The van der Waals surface area contributed by atoms with Gasteiger partial charge in [0.1, 0.15) is 5.78 Å². The number of carbonyl (C=O) groups excluding carboxylic acids is 2. The summed E-state index contributed by atoms with van der Waals surface area (Å²) in [5, 5.41) is 2.66. The highest BCUT2D eigenvalue weighted by Gasteiger charge is 2.02. The van der Waals surface area contributed by atoms with Gasteiger partial charge in [0.15, 0.2) is 0 Å². The number of amides is 1. The number of hydrogen-bond donors (Lipinski definition) is 1. The molecule has 0 aromatic carbocycles. The van der Waals surface area contributed by atoms with Gasteiger partial charge in [0, 0.05) is 18.1 Å². The van der Waals surface area contributed by atoms with E-state index in [0.717, 1.165) is 11.5 Å². The SMILES string of the molecule is C=CCSCCNC(=O)CC(C)=O. The summed E-state index contributed by atoms with van der Waals surface area (Å²) in [6.45, 7) is 5.60. The van der Waals surface area contributed by atoms with Gasteiger partial charge in [0.2, 0.25) is 5.91 Å². The first-order chi connectivity index (χ1) is 6.16. The summed E-state index contributed by atoms with van der Waals surface area (Å²) in [4.78, 5) is 21.4. The maximum Gasteiger partial charge on any atom is 0.227 e. The Labute approximate surface area is 83.0 Å². The predicted octanol–water partition coefficient (Wildman–Crippen LogP) is 1.00. The molecule has 0 heterocycles. The van der Waals surface area contributed by atoms with Gasteiger partial charge in [-0.05, 0) is 6.92 Å². The predicted molar refractivity (Wildman–Crippen MR) is 55.8 cm³/mol. The third-order valence-electron chi connectivity index (χ3n) is 1.21. The molecule has 0 aromatic heterocycles. The van der Waals surface area contributed by atoms with Gasteiger partial charge in [0.05, 0.1) is 6.42 Å². The quantitative estimate of drug-likeness (QED) is 0.380. The molecule has 74 valence electrons. The molecule has 0 fully saturated rings. The van der Waals surface area contributed by atoms with Crippen LogP contribution >= 0.6 is 11.8 Å². The Morgan fingerprint density at radius 1 is 1.54 bits per heavy atom. The second-order valence-corrected chi connectivity index (χ2v) is 3.74. The zero-order valence-electron chi connectivity index (χ0n) is 7.84. The van der Waals surface area contributed by atoms with Crippen molar-refractivity contribution in [3.05, 3.63) is 12.7 Å². The van der Waals surface area contributed by atoms with Crippen molar-refractivity contribution in [3.8, 4) is 0 Å². The standard InChI is InChI=1S/C9H15NO2S/c1-3-5-13-6-4-10-9(12)7-8(2)11/h3H,1,4-7H2,2H3,(H,10,12).